The predicted octanol–water partition coefficient (Wildman–Crippen LogP) is 7.39. The second kappa shape index (κ2) is 10.2. The first kappa shape index (κ1) is 25.4. The lowest BCUT2D eigenvalue weighted by molar-refractivity contribution is 0.0600. The van der Waals surface area contributed by atoms with Crippen molar-refractivity contribution < 1.29 is 22.4 Å². The van der Waals surface area contributed by atoms with Crippen molar-refractivity contribution in [3.05, 3.63) is 107 Å². The van der Waals surface area contributed by atoms with Gasteiger partial charge in [0.05, 0.1) is 24.0 Å². The summed E-state index contributed by atoms with van der Waals surface area (Å²) in [5.74, 6) is -0.386. The number of rotatable bonds is 7. The number of ether oxygens (including phenoxy) is 1. The largest absolute Gasteiger partial charge is 0.465 e. The summed E-state index contributed by atoms with van der Waals surface area (Å²) in [5, 5.41) is 4.10. The van der Waals surface area contributed by atoms with Crippen LogP contribution in [0.4, 0.5) is 17.1 Å². The van der Waals surface area contributed by atoms with Crippen molar-refractivity contribution in [2.75, 3.05) is 17.1 Å². The molecular formula is C29H23ClN2O5S. The lowest BCUT2D eigenvalue weighted by Gasteiger charge is -2.14. The fourth-order valence-corrected chi connectivity index (χ4v) is 5.24. The van der Waals surface area contributed by atoms with E-state index in [0.29, 0.717) is 27.2 Å². The Morgan fingerprint density at radius 1 is 0.868 bits per heavy atom. The number of fused-ring (bicyclic) bond motifs is 1. The number of halogens is 1. The minimum atomic E-state index is -4.02. The molecule has 0 unspecified atom stereocenters. The fourth-order valence-electron chi connectivity index (χ4n) is 4.03. The molecule has 0 aliphatic rings. The van der Waals surface area contributed by atoms with Crippen LogP contribution in [0.2, 0.25) is 5.02 Å². The Hall–Kier alpha value is -4.27. The van der Waals surface area contributed by atoms with Crippen molar-refractivity contribution >= 4 is 55.6 Å². The van der Waals surface area contributed by atoms with Gasteiger partial charge in [0.25, 0.3) is 10.0 Å². The zero-order valence-corrected chi connectivity index (χ0v) is 22.1. The molecule has 0 aliphatic heterocycles. The van der Waals surface area contributed by atoms with E-state index < -0.39 is 10.0 Å². The molecule has 0 amide bonds. The SMILES string of the molecule is COC(=O)c1cc(-c2ccc(Nc3ccc(Cl)cc3NS(=O)(=O)c3cc4ccccc4o3)cc2)ccc1C. The molecule has 0 aliphatic carbocycles. The van der Waals surface area contributed by atoms with E-state index in [2.05, 4.69) is 10.0 Å². The van der Waals surface area contributed by atoms with Gasteiger partial charge < -0.3 is 14.5 Å². The van der Waals surface area contributed by atoms with Crippen molar-refractivity contribution in [2.45, 2.75) is 12.0 Å². The van der Waals surface area contributed by atoms with Crippen molar-refractivity contribution in [3.8, 4) is 11.1 Å². The number of esters is 1. The summed E-state index contributed by atoms with van der Waals surface area (Å²) in [6, 6.07) is 26.6. The van der Waals surface area contributed by atoms with Gasteiger partial charge >= 0.3 is 5.97 Å². The summed E-state index contributed by atoms with van der Waals surface area (Å²) in [5.41, 5.74) is 5.09. The van der Waals surface area contributed by atoms with Gasteiger partial charge in [0, 0.05) is 22.2 Å². The molecule has 0 bridgehead atoms. The molecule has 38 heavy (non-hydrogen) atoms. The van der Waals surface area contributed by atoms with E-state index >= 15 is 0 Å². The Balaban J connectivity index is 1.40. The molecule has 1 heterocycles. The second-order valence-electron chi connectivity index (χ2n) is 8.62. The number of benzene rings is 4. The minimum absolute atomic E-state index is 0.196. The average molecular weight is 547 g/mol. The number of carbonyl (C=O) groups excluding carboxylic acids is 1. The Labute approximate surface area is 225 Å². The quantitative estimate of drug-likeness (QED) is 0.206. The van der Waals surface area contributed by atoms with Crippen molar-refractivity contribution in [3.63, 3.8) is 0 Å². The Morgan fingerprint density at radius 3 is 2.34 bits per heavy atom. The highest BCUT2D eigenvalue weighted by atomic mass is 35.5. The number of hydrogen-bond donors (Lipinski definition) is 2. The lowest BCUT2D eigenvalue weighted by Crippen LogP contribution is -2.13. The van der Waals surface area contributed by atoms with Crippen molar-refractivity contribution in [1.82, 2.24) is 0 Å². The predicted molar refractivity (Wildman–Crippen MR) is 150 cm³/mol. The zero-order chi connectivity index (χ0) is 26.9. The van der Waals surface area contributed by atoms with E-state index in [1.54, 1.807) is 36.4 Å². The monoisotopic (exact) mass is 546 g/mol. The van der Waals surface area contributed by atoms with Crippen LogP contribution in [0.1, 0.15) is 15.9 Å². The van der Waals surface area contributed by atoms with Crippen molar-refractivity contribution in [1.29, 1.82) is 0 Å². The van der Waals surface area contributed by atoms with Crippen molar-refractivity contribution in [2.24, 2.45) is 0 Å². The van der Waals surface area contributed by atoms with Crippen LogP contribution in [0.5, 0.6) is 0 Å². The number of para-hydroxylation sites is 1. The molecule has 5 aromatic rings. The van der Waals surface area contributed by atoms with Gasteiger partial charge in [-0.15, -0.1) is 0 Å². The highest BCUT2D eigenvalue weighted by Gasteiger charge is 2.21. The number of nitrogens with one attached hydrogen (secondary N) is 2. The molecule has 192 valence electrons. The molecule has 0 fully saturated rings. The summed E-state index contributed by atoms with van der Waals surface area (Å²) in [7, 11) is -2.66. The third-order valence-electron chi connectivity index (χ3n) is 6.03. The smallest absolute Gasteiger partial charge is 0.338 e. The number of sulfonamides is 1. The molecular weight excluding hydrogens is 524 g/mol. The van der Waals surface area contributed by atoms with Gasteiger partial charge in [0.2, 0.25) is 5.09 Å². The molecule has 0 saturated heterocycles. The Kier molecular flexibility index (Phi) is 6.84. The van der Waals surface area contributed by atoms with E-state index in [1.807, 2.05) is 49.4 Å². The molecule has 7 nitrogen and oxygen atoms in total. The maximum absolute atomic E-state index is 13.1. The van der Waals surface area contributed by atoms with Crippen LogP contribution < -0.4 is 10.0 Å². The molecule has 0 saturated carbocycles. The van der Waals surface area contributed by atoms with E-state index in [4.69, 9.17) is 20.8 Å². The molecule has 2 N–H and O–H groups in total. The summed E-state index contributed by atoms with van der Waals surface area (Å²) in [6.07, 6.45) is 0. The second-order valence-corrected chi connectivity index (χ2v) is 10.7. The molecule has 1 aromatic heterocycles. The van der Waals surface area contributed by atoms with Crippen LogP contribution in [0.25, 0.3) is 22.1 Å². The highest BCUT2D eigenvalue weighted by Crippen LogP contribution is 2.33. The van der Waals surface area contributed by atoms with Gasteiger partial charge in [-0.2, -0.15) is 8.42 Å². The number of carbonyl (C=O) groups is 1. The van der Waals surface area contributed by atoms with Crippen LogP contribution in [-0.2, 0) is 14.8 Å². The minimum Gasteiger partial charge on any atom is -0.465 e. The van der Waals surface area contributed by atoms with E-state index in [1.165, 1.54) is 19.2 Å². The first-order valence-corrected chi connectivity index (χ1v) is 13.5. The van der Waals surface area contributed by atoms with E-state index in [0.717, 1.165) is 22.4 Å². The molecule has 0 atom stereocenters. The van der Waals surface area contributed by atoms with Gasteiger partial charge in [-0.25, -0.2) is 4.79 Å². The maximum Gasteiger partial charge on any atom is 0.338 e. The van der Waals surface area contributed by atoms with Gasteiger partial charge in [-0.3, -0.25) is 4.72 Å². The molecule has 9 heteroatoms. The highest BCUT2D eigenvalue weighted by molar-refractivity contribution is 7.92. The Morgan fingerprint density at radius 2 is 1.61 bits per heavy atom. The summed E-state index contributed by atoms with van der Waals surface area (Å²) in [6.45, 7) is 1.86. The van der Waals surface area contributed by atoms with Gasteiger partial charge in [0.15, 0.2) is 0 Å². The average Bonchev–Trinajstić information content (AvgIpc) is 3.36. The van der Waals surface area contributed by atoms with Crippen LogP contribution in [-0.4, -0.2) is 21.5 Å². The van der Waals surface area contributed by atoms with Gasteiger partial charge in [0.1, 0.15) is 5.58 Å². The maximum atomic E-state index is 13.1. The molecule has 4 aromatic carbocycles. The standard InChI is InChI=1S/C29H23ClN2O5S/c1-18-7-8-20(15-24(18)29(33)36-2)19-9-12-23(13-10-19)31-25-14-11-22(30)17-26(25)32-38(34,35)28-16-21-5-3-4-6-27(21)37-28/h3-17,31-32H,1-2H3. The molecule has 0 spiro atoms. The zero-order valence-electron chi connectivity index (χ0n) is 20.5. The van der Waals surface area contributed by atoms with Crippen LogP contribution in [0, 0.1) is 6.92 Å². The summed E-state index contributed by atoms with van der Waals surface area (Å²) < 4.78 is 39.2. The number of anilines is 3. The van der Waals surface area contributed by atoms with Crippen LogP contribution >= 0.6 is 11.6 Å². The molecule has 5 rings (SSSR count). The summed E-state index contributed by atoms with van der Waals surface area (Å²) >= 11 is 6.19. The summed E-state index contributed by atoms with van der Waals surface area (Å²) in [4.78, 5) is 12.1. The van der Waals surface area contributed by atoms with Crippen LogP contribution in [0.3, 0.4) is 0 Å². The first-order valence-electron chi connectivity index (χ1n) is 11.6. The third-order valence-corrected chi connectivity index (χ3v) is 7.49. The molecule has 0 radical (unpaired) electrons. The number of methoxy groups -OCH3 is 1. The third kappa shape index (κ3) is 5.22. The first-order chi connectivity index (χ1) is 18.2. The lowest BCUT2D eigenvalue weighted by atomic mass is 9.99. The number of hydrogen-bond acceptors (Lipinski definition) is 6. The van der Waals surface area contributed by atoms with Gasteiger partial charge in [-0.1, -0.05) is 54.1 Å². The van der Waals surface area contributed by atoms with Gasteiger partial charge in [-0.05, 0) is 66.1 Å². The normalized spacial score (nSPS) is 11.3. The van der Waals surface area contributed by atoms with E-state index in [-0.39, 0.29) is 16.7 Å². The topological polar surface area (TPSA) is 97.6 Å². The van der Waals surface area contributed by atoms with E-state index in [9.17, 15) is 13.2 Å². The number of aryl methyl sites for hydroxylation is 1. The Bertz CT molecular complexity index is 1730. The number of furan rings is 1. The van der Waals surface area contributed by atoms with Crippen LogP contribution in [0.15, 0.2) is 101 Å². The fraction of sp³-hybridized carbons (Fsp3) is 0.0690.